The molecule has 24 heavy (non-hydrogen) atoms. The van der Waals surface area contributed by atoms with Gasteiger partial charge < -0.3 is 4.90 Å². The Morgan fingerprint density at radius 1 is 0.917 bits per heavy atom. The lowest BCUT2D eigenvalue weighted by molar-refractivity contribution is 0.143. The summed E-state index contributed by atoms with van der Waals surface area (Å²) >= 11 is 0. The Kier molecular flexibility index (Phi) is 5.95. The first-order chi connectivity index (χ1) is 11.5. The zero-order valence-corrected chi connectivity index (χ0v) is 15.6. The van der Waals surface area contributed by atoms with E-state index in [1.54, 1.807) is 4.31 Å². The summed E-state index contributed by atoms with van der Waals surface area (Å²) in [5.74, 6) is 0.127. The molecule has 3 rings (SSSR count). The third-order valence-corrected chi connectivity index (χ3v) is 7.29. The molecular formula is C19H30N2O2S. The Labute approximate surface area is 146 Å². The van der Waals surface area contributed by atoms with Gasteiger partial charge in [0.2, 0.25) is 10.0 Å². The summed E-state index contributed by atoms with van der Waals surface area (Å²) in [7, 11) is -3.20. The molecule has 1 aromatic carbocycles. The summed E-state index contributed by atoms with van der Waals surface area (Å²) in [6, 6.07) is 8.40. The van der Waals surface area contributed by atoms with E-state index in [9.17, 15) is 8.42 Å². The zero-order valence-electron chi connectivity index (χ0n) is 14.8. The summed E-state index contributed by atoms with van der Waals surface area (Å²) in [5, 5.41) is 0. The van der Waals surface area contributed by atoms with Gasteiger partial charge in [-0.3, -0.25) is 0 Å². The van der Waals surface area contributed by atoms with Crippen LogP contribution in [0.4, 0.5) is 0 Å². The number of nitrogens with zero attached hydrogens (tertiary/aromatic N) is 2. The third kappa shape index (κ3) is 4.58. The fourth-order valence-corrected chi connectivity index (χ4v) is 5.50. The molecule has 134 valence electrons. The van der Waals surface area contributed by atoms with E-state index in [1.807, 2.05) is 31.2 Å². The third-order valence-electron chi connectivity index (χ3n) is 5.44. The molecule has 0 atom stereocenters. The molecule has 2 aliphatic heterocycles. The van der Waals surface area contributed by atoms with Crippen molar-refractivity contribution in [2.75, 3.05) is 26.2 Å². The van der Waals surface area contributed by atoms with Crippen LogP contribution in [0.25, 0.3) is 0 Å². The van der Waals surface area contributed by atoms with Crippen LogP contribution in [0, 0.1) is 6.92 Å². The maximum Gasteiger partial charge on any atom is 0.218 e. The molecule has 1 aromatic rings. The normalized spacial score (nSPS) is 22.4. The second-order valence-electron chi connectivity index (χ2n) is 7.32. The van der Waals surface area contributed by atoms with Crippen molar-refractivity contribution >= 4 is 10.0 Å². The average Bonchev–Trinajstić information content (AvgIpc) is 2.86. The predicted molar refractivity (Wildman–Crippen MR) is 98.4 cm³/mol. The van der Waals surface area contributed by atoms with E-state index < -0.39 is 10.0 Å². The summed E-state index contributed by atoms with van der Waals surface area (Å²) in [6.07, 6.45) is 7.25. The number of rotatable bonds is 4. The molecule has 2 aliphatic rings. The molecule has 0 bridgehead atoms. The zero-order chi connectivity index (χ0) is 17.0. The molecule has 0 unspecified atom stereocenters. The second kappa shape index (κ2) is 7.98. The molecule has 0 aromatic heterocycles. The number of piperidine rings is 1. The minimum atomic E-state index is -3.20. The maximum absolute atomic E-state index is 12.7. The van der Waals surface area contributed by atoms with E-state index in [1.165, 1.54) is 38.8 Å². The van der Waals surface area contributed by atoms with Crippen LogP contribution in [-0.4, -0.2) is 49.8 Å². The average molecular weight is 351 g/mol. The number of hydrogen-bond donors (Lipinski definition) is 0. The van der Waals surface area contributed by atoms with Crippen LogP contribution < -0.4 is 0 Å². The Bertz CT molecular complexity index is 611. The lowest BCUT2D eigenvalue weighted by atomic mass is 10.0. The van der Waals surface area contributed by atoms with Crippen molar-refractivity contribution in [1.82, 2.24) is 9.21 Å². The summed E-state index contributed by atoms with van der Waals surface area (Å²) < 4.78 is 27.1. The van der Waals surface area contributed by atoms with E-state index in [4.69, 9.17) is 0 Å². The minimum Gasteiger partial charge on any atom is -0.300 e. The lowest BCUT2D eigenvalue weighted by Gasteiger charge is -2.37. The number of benzene rings is 1. The molecule has 2 heterocycles. The molecule has 5 heteroatoms. The number of likely N-dealkylation sites (tertiary alicyclic amines) is 1. The highest BCUT2D eigenvalue weighted by Gasteiger charge is 2.30. The van der Waals surface area contributed by atoms with Gasteiger partial charge in [-0.2, -0.15) is 0 Å². The minimum absolute atomic E-state index is 0.127. The van der Waals surface area contributed by atoms with Gasteiger partial charge in [-0.15, -0.1) is 0 Å². The molecule has 2 fully saturated rings. The van der Waals surface area contributed by atoms with Crippen molar-refractivity contribution in [3.05, 3.63) is 35.4 Å². The fraction of sp³-hybridized carbons (Fsp3) is 0.684. The van der Waals surface area contributed by atoms with Crippen LogP contribution in [0.3, 0.4) is 0 Å². The molecule has 0 spiro atoms. The molecule has 0 aliphatic carbocycles. The molecule has 0 saturated carbocycles. The molecule has 0 radical (unpaired) electrons. The largest absolute Gasteiger partial charge is 0.300 e. The van der Waals surface area contributed by atoms with Gasteiger partial charge in [0.15, 0.2) is 0 Å². The van der Waals surface area contributed by atoms with Crippen LogP contribution in [0.15, 0.2) is 24.3 Å². The topological polar surface area (TPSA) is 40.6 Å². The highest BCUT2D eigenvalue weighted by molar-refractivity contribution is 7.88. The first-order valence-electron chi connectivity index (χ1n) is 9.32. The Balaban J connectivity index is 1.55. The molecular weight excluding hydrogens is 320 g/mol. The molecule has 4 nitrogen and oxygen atoms in total. The van der Waals surface area contributed by atoms with Crippen LogP contribution >= 0.6 is 0 Å². The van der Waals surface area contributed by atoms with Crippen LogP contribution in [0.2, 0.25) is 0 Å². The summed E-state index contributed by atoms with van der Waals surface area (Å²) in [4.78, 5) is 2.61. The van der Waals surface area contributed by atoms with Gasteiger partial charge in [0.25, 0.3) is 0 Å². The van der Waals surface area contributed by atoms with Gasteiger partial charge in [-0.1, -0.05) is 42.7 Å². The van der Waals surface area contributed by atoms with Gasteiger partial charge in [0.1, 0.15) is 0 Å². The predicted octanol–water partition coefficient (Wildman–Crippen LogP) is 3.17. The summed E-state index contributed by atoms with van der Waals surface area (Å²) in [6.45, 7) is 5.76. The first-order valence-corrected chi connectivity index (χ1v) is 10.9. The van der Waals surface area contributed by atoms with Gasteiger partial charge in [0, 0.05) is 19.1 Å². The highest BCUT2D eigenvalue weighted by atomic mass is 32.2. The van der Waals surface area contributed by atoms with Crippen LogP contribution in [-0.2, 0) is 15.8 Å². The fourth-order valence-electron chi connectivity index (χ4n) is 3.93. The molecule has 2 saturated heterocycles. The first kappa shape index (κ1) is 17.9. The van der Waals surface area contributed by atoms with Crippen molar-refractivity contribution in [3.63, 3.8) is 0 Å². The van der Waals surface area contributed by atoms with Crippen molar-refractivity contribution in [2.45, 2.75) is 57.2 Å². The highest BCUT2D eigenvalue weighted by Crippen LogP contribution is 2.23. The van der Waals surface area contributed by atoms with E-state index in [0.29, 0.717) is 19.1 Å². The van der Waals surface area contributed by atoms with Crippen LogP contribution in [0.1, 0.15) is 49.7 Å². The monoisotopic (exact) mass is 350 g/mol. The van der Waals surface area contributed by atoms with Crippen molar-refractivity contribution in [3.8, 4) is 0 Å². The van der Waals surface area contributed by atoms with E-state index >= 15 is 0 Å². The van der Waals surface area contributed by atoms with E-state index in [-0.39, 0.29) is 5.75 Å². The number of aryl methyl sites for hydroxylation is 1. The number of sulfonamides is 1. The number of hydrogen-bond acceptors (Lipinski definition) is 3. The molecule has 0 N–H and O–H groups in total. The SMILES string of the molecule is Cc1ccc(CS(=O)(=O)N2CCC(N3CCCCCC3)CC2)cc1. The van der Waals surface area contributed by atoms with Crippen molar-refractivity contribution in [1.29, 1.82) is 0 Å². The molecule has 0 amide bonds. The Morgan fingerprint density at radius 2 is 1.50 bits per heavy atom. The van der Waals surface area contributed by atoms with E-state index in [0.717, 1.165) is 24.0 Å². The Morgan fingerprint density at radius 3 is 2.08 bits per heavy atom. The lowest BCUT2D eigenvalue weighted by Crippen LogP contribution is -2.47. The van der Waals surface area contributed by atoms with Crippen molar-refractivity contribution in [2.24, 2.45) is 0 Å². The van der Waals surface area contributed by atoms with Gasteiger partial charge in [-0.05, 0) is 51.3 Å². The summed E-state index contributed by atoms with van der Waals surface area (Å²) in [5.41, 5.74) is 2.05. The Hall–Kier alpha value is -0.910. The van der Waals surface area contributed by atoms with Gasteiger partial charge >= 0.3 is 0 Å². The van der Waals surface area contributed by atoms with Gasteiger partial charge in [-0.25, -0.2) is 12.7 Å². The second-order valence-corrected chi connectivity index (χ2v) is 9.29. The van der Waals surface area contributed by atoms with Crippen molar-refractivity contribution < 1.29 is 8.42 Å². The van der Waals surface area contributed by atoms with Crippen LogP contribution in [0.5, 0.6) is 0 Å². The smallest absolute Gasteiger partial charge is 0.218 e. The quantitative estimate of drug-likeness (QED) is 0.837. The van der Waals surface area contributed by atoms with Gasteiger partial charge in [0.05, 0.1) is 5.75 Å². The standard InChI is InChI=1S/C19H30N2O2S/c1-17-6-8-18(9-7-17)16-24(22,23)21-14-10-19(11-15-21)20-12-4-2-3-5-13-20/h6-9,19H,2-5,10-16H2,1H3. The van der Waals surface area contributed by atoms with E-state index in [2.05, 4.69) is 4.90 Å². The maximum atomic E-state index is 12.7.